The van der Waals surface area contributed by atoms with Crippen LogP contribution in [0.25, 0.3) is 0 Å². The van der Waals surface area contributed by atoms with Crippen LogP contribution in [0.5, 0.6) is 0 Å². The molecule has 3 aromatic rings. The van der Waals surface area contributed by atoms with Crippen molar-refractivity contribution in [1.29, 1.82) is 0 Å². The van der Waals surface area contributed by atoms with Crippen LogP contribution >= 0.6 is 0 Å². The number of rotatable bonds is 6. The molecule has 6 rings (SSSR count). The highest BCUT2D eigenvalue weighted by molar-refractivity contribution is 5.65. The van der Waals surface area contributed by atoms with Crippen molar-refractivity contribution < 1.29 is 13.6 Å². The van der Waals surface area contributed by atoms with Crippen LogP contribution < -0.4 is 15.3 Å². The first kappa shape index (κ1) is 26.9. The predicted molar refractivity (Wildman–Crippen MR) is 153 cm³/mol. The van der Waals surface area contributed by atoms with Gasteiger partial charge < -0.3 is 15.1 Å². The minimum Gasteiger partial charge on any atom is -0.371 e. The molecule has 0 unspecified atom stereocenters. The number of piperidine rings is 1. The summed E-state index contributed by atoms with van der Waals surface area (Å²) in [6.07, 6.45) is 4.38. The zero-order chi connectivity index (χ0) is 27.6. The highest BCUT2D eigenvalue weighted by atomic mass is 19.1. The number of piperazine rings is 1. The van der Waals surface area contributed by atoms with Crippen molar-refractivity contribution in [2.75, 3.05) is 68.2 Å². The van der Waals surface area contributed by atoms with E-state index in [0.29, 0.717) is 30.7 Å². The molecule has 0 aliphatic carbocycles. The van der Waals surface area contributed by atoms with E-state index >= 15 is 0 Å². The molecule has 3 aliphatic heterocycles. The molecule has 0 amide bonds. The molecule has 0 radical (unpaired) electrons. The summed E-state index contributed by atoms with van der Waals surface area (Å²) in [4.78, 5) is 22.1. The van der Waals surface area contributed by atoms with Crippen molar-refractivity contribution in [2.24, 2.45) is 0 Å². The molecule has 1 atom stereocenters. The summed E-state index contributed by atoms with van der Waals surface area (Å²) in [7, 11) is 2.21. The average molecular weight is 550 g/mol. The van der Waals surface area contributed by atoms with E-state index in [1.807, 2.05) is 0 Å². The van der Waals surface area contributed by atoms with E-state index < -0.39 is 17.7 Å². The quantitative estimate of drug-likeness (QED) is 0.466. The Hall–Kier alpha value is -3.34. The standard InChI is InChI=1S/C30H37F2N7O/c1-21-17-23(4-6-27(21)38-10-7-24(8-11-38)37-14-12-36(2)13-15-37)35-29-19-30(34-20-33-29)39-28(9-16-40-39)25-18-22(31)3-5-26(25)32/h3-6,17-20,24,28H,7-16H2,1-2H3,(H,33,34,35)/t28-/m1/s1. The Morgan fingerprint density at radius 2 is 1.70 bits per heavy atom. The van der Waals surface area contributed by atoms with Crippen molar-refractivity contribution in [2.45, 2.75) is 38.3 Å². The molecule has 8 nitrogen and oxygen atoms in total. The van der Waals surface area contributed by atoms with Crippen molar-refractivity contribution in [3.05, 3.63) is 71.6 Å². The Morgan fingerprint density at radius 3 is 2.48 bits per heavy atom. The van der Waals surface area contributed by atoms with E-state index in [0.717, 1.165) is 30.9 Å². The molecule has 0 bridgehead atoms. The molecule has 2 aromatic carbocycles. The maximum Gasteiger partial charge on any atom is 0.158 e. The number of hydroxylamine groups is 1. The molecule has 0 saturated carbocycles. The molecular formula is C30H37F2N7O. The van der Waals surface area contributed by atoms with Crippen LogP contribution in [-0.4, -0.2) is 78.7 Å². The van der Waals surface area contributed by atoms with Gasteiger partial charge >= 0.3 is 0 Å². The predicted octanol–water partition coefficient (Wildman–Crippen LogP) is 4.91. The molecular weight excluding hydrogens is 512 g/mol. The fourth-order valence-electron chi connectivity index (χ4n) is 6.18. The third-order valence-corrected chi connectivity index (χ3v) is 8.43. The van der Waals surface area contributed by atoms with Crippen LogP contribution in [0.1, 0.15) is 36.4 Å². The largest absolute Gasteiger partial charge is 0.371 e. The summed E-state index contributed by atoms with van der Waals surface area (Å²) in [5.74, 6) is 0.138. The van der Waals surface area contributed by atoms with Crippen LogP contribution in [0.2, 0.25) is 0 Å². The summed E-state index contributed by atoms with van der Waals surface area (Å²) in [5, 5.41) is 4.92. The Kier molecular flexibility index (Phi) is 7.82. The number of benzene rings is 2. The number of likely N-dealkylation sites (N-methyl/N-ethyl adjacent to an activating group) is 1. The Balaban J connectivity index is 1.11. The van der Waals surface area contributed by atoms with Crippen LogP contribution in [0.4, 0.5) is 31.8 Å². The maximum absolute atomic E-state index is 14.5. The summed E-state index contributed by atoms with van der Waals surface area (Å²) in [6.45, 7) is 9.37. The zero-order valence-electron chi connectivity index (χ0n) is 23.2. The monoisotopic (exact) mass is 549 g/mol. The number of hydrogen-bond donors (Lipinski definition) is 1. The Labute approximate surface area is 234 Å². The molecule has 1 aromatic heterocycles. The van der Waals surface area contributed by atoms with Gasteiger partial charge in [-0.05, 0) is 68.8 Å². The number of anilines is 4. The average Bonchev–Trinajstić information content (AvgIpc) is 3.45. The molecule has 4 heterocycles. The van der Waals surface area contributed by atoms with E-state index in [2.05, 4.69) is 62.2 Å². The normalized spacial score (nSPS) is 21.2. The van der Waals surface area contributed by atoms with Crippen LogP contribution in [0, 0.1) is 18.6 Å². The van der Waals surface area contributed by atoms with Gasteiger partial charge in [-0.2, -0.15) is 0 Å². The smallest absolute Gasteiger partial charge is 0.158 e. The van der Waals surface area contributed by atoms with Gasteiger partial charge in [0.15, 0.2) is 5.82 Å². The fourth-order valence-corrected chi connectivity index (χ4v) is 6.18. The van der Waals surface area contributed by atoms with Gasteiger partial charge in [0.2, 0.25) is 0 Å². The lowest BCUT2D eigenvalue weighted by Gasteiger charge is -2.43. The highest BCUT2D eigenvalue weighted by Gasteiger charge is 2.32. The molecule has 1 N–H and O–H groups in total. The van der Waals surface area contributed by atoms with Gasteiger partial charge in [0.05, 0.1) is 12.6 Å². The molecule has 3 aliphatic rings. The second kappa shape index (κ2) is 11.6. The number of hydrogen-bond acceptors (Lipinski definition) is 8. The van der Waals surface area contributed by atoms with Gasteiger partial charge in [-0.15, -0.1) is 0 Å². The molecule has 40 heavy (non-hydrogen) atoms. The molecule has 0 spiro atoms. The minimum absolute atomic E-state index is 0.254. The highest BCUT2D eigenvalue weighted by Crippen LogP contribution is 2.36. The first-order valence-corrected chi connectivity index (χ1v) is 14.2. The number of aryl methyl sites for hydroxylation is 1. The molecule has 3 fully saturated rings. The summed E-state index contributed by atoms with van der Waals surface area (Å²) in [5.41, 5.74) is 3.66. The second-order valence-corrected chi connectivity index (χ2v) is 11.1. The minimum atomic E-state index is -0.480. The lowest BCUT2D eigenvalue weighted by atomic mass is 10.0. The lowest BCUT2D eigenvalue weighted by Crippen LogP contribution is -2.52. The van der Waals surface area contributed by atoms with Gasteiger partial charge in [0, 0.05) is 74.7 Å². The van der Waals surface area contributed by atoms with Crippen LogP contribution in [-0.2, 0) is 4.84 Å². The van der Waals surface area contributed by atoms with Crippen LogP contribution in [0.15, 0.2) is 48.8 Å². The van der Waals surface area contributed by atoms with Crippen molar-refractivity contribution >= 4 is 23.0 Å². The Bertz CT molecular complexity index is 1330. The van der Waals surface area contributed by atoms with Gasteiger partial charge in [0.25, 0.3) is 0 Å². The lowest BCUT2D eigenvalue weighted by molar-refractivity contribution is 0.0982. The van der Waals surface area contributed by atoms with E-state index in [1.54, 1.807) is 11.1 Å². The summed E-state index contributed by atoms with van der Waals surface area (Å²) >= 11 is 0. The van der Waals surface area contributed by atoms with Gasteiger partial charge in [0.1, 0.15) is 23.8 Å². The van der Waals surface area contributed by atoms with E-state index in [4.69, 9.17) is 4.84 Å². The third-order valence-electron chi connectivity index (χ3n) is 8.43. The summed E-state index contributed by atoms with van der Waals surface area (Å²) in [6, 6.07) is 11.9. The van der Waals surface area contributed by atoms with E-state index in [9.17, 15) is 8.78 Å². The van der Waals surface area contributed by atoms with Gasteiger partial charge in [-0.1, -0.05) is 0 Å². The van der Waals surface area contributed by atoms with Crippen molar-refractivity contribution in [3.63, 3.8) is 0 Å². The number of nitrogens with zero attached hydrogens (tertiary/aromatic N) is 6. The number of aromatic nitrogens is 2. The van der Waals surface area contributed by atoms with Crippen molar-refractivity contribution in [3.8, 4) is 0 Å². The topological polar surface area (TPSA) is 60.0 Å². The number of halogens is 2. The zero-order valence-corrected chi connectivity index (χ0v) is 23.2. The first-order valence-electron chi connectivity index (χ1n) is 14.2. The SMILES string of the molecule is Cc1cc(Nc2cc(N3OCC[C@@H]3c3cc(F)ccc3F)ncn2)ccc1N1CCC(N2CCN(C)CC2)CC1. The molecule has 212 valence electrons. The molecule has 3 saturated heterocycles. The van der Waals surface area contributed by atoms with Crippen LogP contribution in [0.3, 0.4) is 0 Å². The van der Waals surface area contributed by atoms with Crippen molar-refractivity contribution in [1.82, 2.24) is 19.8 Å². The van der Waals surface area contributed by atoms with E-state index in [-0.39, 0.29) is 5.56 Å². The number of nitrogens with one attached hydrogen (secondary N) is 1. The Morgan fingerprint density at radius 1 is 0.900 bits per heavy atom. The van der Waals surface area contributed by atoms with Gasteiger partial charge in [-0.3, -0.25) is 9.74 Å². The first-order chi connectivity index (χ1) is 19.4. The third kappa shape index (κ3) is 5.75. The van der Waals surface area contributed by atoms with E-state index in [1.165, 1.54) is 62.7 Å². The second-order valence-electron chi connectivity index (χ2n) is 11.1. The van der Waals surface area contributed by atoms with Gasteiger partial charge in [-0.25, -0.2) is 23.8 Å². The molecule has 10 heteroatoms. The fraction of sp³-hybridized carbons (Fsp3) is 0.467. The maximum atomic E-state index is 14.5. The summed E-state index contributed by atoms with van der Waals surface area (Å²) < 4.78 is 28.4.